The number of carbonyl (C=O) groups is 2. The van der Waals surface area contributed by atoms with Crippen LogP contribution in [-0.4, -0.2) is 46.0 Å². The molecule has 0 saturated carbocycles. The molecule has 1 aliphatic rings. The van der Waals surface area contributed by atoms with Crippen molar-refractivity contribution in [3.05, 3.63) is 18.2 Å². The van der Waals surface area contributed by atoms with Crippen molar-refractivity contribution in [1.29, 1.82) is 0 Å². The molecule has 0 atom stereocenters. The minimum absolute atomic E-state index is 0.0463. The Morgan fingerprint density at radius 3 is 2.43 bits per heavy atom. The summed E-state index contributed by atoms with van der Waals surface area (Å²) in [4.78, 5) is 20.8. The van der Waals surface area contributed by atoms with Gasteiger partial charge in [-0.2, -0.15) is 0 Å². The fourth-order valence-corrected chi connectivity index (χ4v) is 3.11. The monoisotopic (exact) mass is 361 g/mol. The molecule has 1 saturated heterocycles. The molecule has 0 unspecified atom stereocenters. The van der Waals surface area contributed by atoms with Crippen LogP contribution in [0.25, 0.3) is 0 Å². The maximum atomic E-state index is 11.1. The number of carbonyl (C=O) groups excluding carboxylic acids is 2. The molecule has 8 nitrogen and oxygen atoms in total. The molecule has 1 amide bonds. The van der Waals surface area contributed by atoms with Crippen molar-refractivity contribution < 1.29 is 31.4 Å². The van der Waals surface area contributed by atoms with Gasteiger partial charge in [0.05, 0.1) is 6.61 Å². The molecule has 1 heterocycles. The zero-order valence-corrected chi connectivity index (χ0v) is 13.2. The van der Waals surface area contributed by atoms with Gasteiger partial charge in [0.2, 0.25) is 0 Å². The molecule has 1 aliphatic heterocycles. The normalized spacial score (nSPS) is 14.0. The largest absolute Gasteiger partial charge is 0.466 e. The van der Waals surface area contributed by atoms with Crippen LogP contribution >= 0.6 is 0 Å². The molecule has 0 bridgehead atoms. The predicted molar refractivity (Wildman–Crippen MR) is 73.1 cm³/mol. The summed E-state index contributed by atoms with van der Waals surface area (Å²) in [5.41, 5.74) is -0.225. The first-order valence-corrected chi connectivity index (χ1v) is 9.41. The minimum Gasteiger partial charge on any atom is -0.466 e. The first kappa shape index (κ1) is 17.3. The van der Waals surface area contributed by atoms with Crippen molar-refractivity contribution in [2.75, 3.05) is 11.9 Å². The summed E-state index contributed by atoms with van der Waals surface area (Å²) in [5, 5.41) is 11.5. The fraction of sp³-hybridized carbons (Fsp3) is 0.333. The van der Waals surface area contributed by atoms with Gasteiger partial charge in [0.15, 0.2) is 0 Å². The van der Waals surface area contributed by atoms with E-state index >= 15 is 0 Å². The third-order valence-electron chi connectivity index (χ3n) is 2.42. The molecule has 0 radical (unpaired) electrons. The standard InChI is InChI=1S/C8H10AsNO5.C4H6O2/c1-5(11)10-8-6(9(13,14)15)3-2-4-7(8)12;5-4-2-1-3-6-4/h2-4,12H,1H3,(H,10,11)(H2,13,14,15);1-3H2. The molecule has 116 valence electrons. The number of rotatable bonds is 2. The van der Waals surface area contributed by atoms with E-state index in [1.54, 1.807) is 0 Å². The molecule has 2 rings (SSSR count). The van der Waals surface area contributed by atoms with E-state index in [0.29, 0.717) is 13.0 Å². The number of cyclic esters (lactones) is 1. The third kappa shape index (κ3) is 5.63. The van der Waals surface area contributed by atoms with Crippen LogP contribution in [0.2, 0.25) is 0 Å². The number of hydrogen-bond acceptors (Lipinski definition) is 5. The topological polar surface area (TPSA) is 133 Å². The first-order valence-electron chi connectivity index (χ1n) is 6.03. The van der Waals surface area contributed by atoms with E-state index in [1.165, 1.54) is 25.1 Å². The van der Waals surface area contributed by atoms with Crippen LogP contribution in [0, 0.1) is 0 Å². The molecule has 4 N–H and O–H groups in total. The van der Waals surface area contributed by atoms with Gasteiger partial charge in [-0.25, -0.2) is 0 Å². The van der Waals surface area contributed by atoms with Crippen LogP contribution < -0.4 is 9.67 Å². The second kappa shape index (κ2) is 7.30. The molecular weight excluding hydrogens is 345 g/mol. The Bertz CT molecular complexity index is 573. The number of anilines is 1. The summed E-state index contributed by atoms with van der Waals surface area (Å²) in [7, 11) is 0. The quantitative estimate of drug-likeness (QED) is 0.309. The Kier molecular flexibility index (Phi) is 6.01. The predicted octanol–water partition coefficient (Wildman–Crippen LogP) is -0.765. The van der Waals surface area contributed by atoms with Crippen molar-refractivity contribution in [3.63, 3.8) is 0 Å². The number of para-hydroxylation sites is 1. The number of esters is 1. The molecule has 21 heavy (non-hydrogen) atoms. The van der Waals surface area contributed by atoms with Gasteiger partial charge in [0.1, 0.15) is 0 Å². The van der Waals surface area contributed by atoms with Gasteiger partial charge in [-0.15, -0.1) is 0 Å². The number of phenols is 1. The second-order valence-corrected chi connectivity index (χ2v) is 7.51. The van der Waals surface area contributed by atoms with Gasteiger partial charge < -0.3 is 4.74 Å². The van der Waals surface area contributed by atoms with Gasteiger partial charge in [-0.05, 0) is 6.42 Å². The summed E-state index contributed by atoms with van der Waals surface area (Å²) in [5.74, 6) is -0.927. The maximum absolute atomic E-state index is 11.1. The van der Waals surface area contributed by atoms with Crippen LogP contribution in [0.3, 0.4) is 0 Å². The first-order chi connectivity index (χ1) is 9.71. The fourth-order valence-electron chi connectivity index (χ4n) is 1.55. The van der Waals surface area contributed by atoms with Crippen molar-refractivity contribution in [1.82, 2.24) is 0 Å². The van der Waals surface area contributed by atoms with E-state index in [0.717, 1.165) is 6.42 Å². The smallest absolute Gasteiger partial charge is 0.305 e. The Hall–Kier alpha value is -1.76. The summed E-state index contributed by atoms with van der Waals surface area (Å²) in [6, 6.07) is 3.71. The van der Waals surface area contributed by atoms with Crippen LogP contribution in [0.5, 0.6) is 5.75 Å². The van der Waals surface area contributed by atoms with E-state index in [2.05, 4.69) is 10.1 Å². The summed E-state index contributed by atoms with van der Waals surface area (Å²) in [6.07, 6.45) is 1.54. The van der Waals surface area contributed by atoms with Crippen molar-refractivity contribution in [2.45, 2.75) is 19.8 Å². The van der Waals surface area contributed by atoms with E-state index in [9.17, 15) is 18.4 Å². The molecule has 1 fully saturated rings. The number of benzene rings is 1. The summed E-state index contributed by atoms with van der Waals surface area (Å²) in [6.45, 7) is 1.82. The van der Waals surface area contributed by atoms with Gasteiger partial charge in [-0.3, -0.25) is 4.79 Å². The second-order valence-electron chi connectivity index (χ2n) is 4.22. The minimum atomic E-state index is -5.14. The van der Waals surface area contributed by atoms with Gasteiger partial charge >= 0.3 is 94.1 Å². The number of hydrogen-bond donors (Lipinski definition) is 4. The number of ether oxygens (including phenoxy) is 1. The molecular formula is C12H16AsNO7. The van der Waals surface area contributed by atoms with Crippen molar-refractivity contribution >= 4 is 36.1 Å². The Morgan fingerprint density at radius 2 is 2.05 bits per heavy atom. The van der Waals surface area contributed by atoms with Crippen LogP contribution in [-0.2, 0) is 18.1 Å². The van der Waals surface area contributed by atoms with Gasteiger partial charge in [-0.1, -0.05) is 0 Å². The molecule has 1 aromatic rings. The van der Waals surface area contributed by atoms with Gasteiger partial charge in [0, 0.05) is 6.42 Å². The number of phenolic OH excluding ortho intramolecular Hbond substituents is 1. The van der Waals surface area contributed by atoms with Crippen LogP contribution in [0.4, 0.5) is 5.69 Å². The zero-order chi connectivity index (χ0) is 16.0. The average molecular weight is 361 g/mol. The molecule has 0 aliphatic carbocycles. The van der Waals surface area contributed by atoms with E-state index in [4.69, 9.17) is 8.19 Å². The third-order valence-corrected chi connectivity index (χ3v) is 4.52. The van der Waals surface area contributed by atoms with Crippen LogP contribution in [0.1, 0.15) is 19.8 Å². The van der Waals surface area contributed by atoms with E-state index in [1.807, 2.05) is 0 Å². The number of aromatic hydroxyl groups is 1. The summed E-state index contributed by atoms with van der Waals surface area (Å²) >= 11 is -5.14. The van der Waals surface area contributed by atoms with E-state index < -0.39 is 20.1 Å². The Labute approximate surface area is 123 Å². The maximum Gasteiger partial charge on any atom is 0.305 e. The summed E-state index contributed by atoms with van der Waals surface area (Å²) < 4.78 is 33.3. The number of amides is 1. The zero-order valence-electron chi connectivity index (χ0n) is 11.3. The molecule has 0 aromatic heterocycles. The Balaban J connectivity index is 0.000000304. The van der Waals surface area contributed by atoms with Gasteiger partial charge in [0.25, 0.3) is 0 Å². The molecule has 9 heteroatoms. The van der Waals surface area contributed by atoms with Crippen molar-refractivity contribution in [3.8, 4) is 5.75 Å². The average Bonchev–Trinajstić information content (AvgIpc) is 2.82. The Morgan fingerprint density at radius 1 is 1.38 bits per heavy atom. The molecule has 0 spiro atoms. The number of nitrogens with one attached hydrogen (secondary N) is 1. The SMILES string of the molecule is CC(=O)Nc1c(O)cccc1[As](=O)(O)O.O=C1CCCO1. The van der Waals surface area contributed by atoms with Crippen molar-refractivity contribution in [2.24, 2.45) is 0 Å². The van der Waals surface area contributed by atoms with Crippen LogP contribution in [0.15, 0.2) is 18.2 Å². The molecule has 1 aromatic carbocycles. The van der Waals surface area contributed by atoms with E-state index in [-0.39, 0.29) is 21.8 Å².